The molecule has 2 heterocycles. The lowest BCUT2D eigenvalue weighted by molar-refractivity contribution is -0.144. The molecule has 0 bridgehead atoms. The lowest BCUT2D eigenvalue weighted by Gasteiger charge is -2.31. The van der Waals surface area contributed by atoms with Crippen molar-refractivity contribution < 1.29 is 35.3 Å². The molecular formula is C23H23Cl2F6N3O2S. The van der Waals surface area contributed by atoms with Gasteiger partial charge < -0.3 is 4.90 Å². The number of nitrogens with zero attached hydrogens (tertiary/aromatic N) is 2. The Morgan fingerprint density at radius 2 is 1.78 bits per heavy atom. The van der Waals surface area contributed by atoms with Crippen LogP contribution in [0.3, 0.4) is 0 Å². The number of hydrogen-bond donors (Lipinski definition) is 1. The molecule has 0 aliphatic carbocycles. The first-order valence-electron chi connectivity index (χ1n) is 11.0. The molecule has 14 heteroatoms. The van der Waals surface area contributed by atoms with E-state index in [1.54, 1.807) is 32.9 Å². The third-order valence-corrected chi connectivity index (χ3v) is 8.22. The Kier molecular flexibility index (Phi) is 8.58. The van der Waals surface area contributed by atoms with E-state index in [-0.39, 0.29) is 35.3 Å². The van der Waals surface area contributed by atoms with Gasteiger partial charge in [0.25, 0.3) is 0 Å². The molecule has 0 unspecified atom stereocenters. The van der Waals surface area contributed by atoms with Crippen LogP contribution >= 0.6 is 23.2 Å². The van der Waals surface area contributed by atoms with E-state index >= 15 is 0 Å². The van der Waals surface area contributed by atoms with Gasteiger partial charge in [0.15, 0.2) is 0 Å². The van der Waals surface area contributed by atoms with E-state index in [0.717, 1.165) is 0 Å². The Hall–Kier alpha value is -1.89. The van der Waals surface area contributed by atoms with Crippen LogP contribution in [0, 0.1) is 0 Å². The molecule has 0 spiro atoms. The average Bonchev–Trinajstić information content (AvgIpc) is 3.17. The molecular weight excluding hydrogens is 567 g/mol. The monoisotopic (exact) mass is 589 g/mol. The number of benzene rings is 1. The van der Waals surface area contributed by atoms with Crippen LogP contribution < -0.4 is 4.72 Å². The van der Waals surface area contributed by atoms with Crippen LogP contribution in [0.15, 0.2) is 30.5 Å². The molecule has 2 aromatic rings. The third kappa shape index (κ3) is 6.76. The normalized spacial score (nSPS) is 19.8. The predicted molar refractivity (Wildman–Crippen MR) is 128 cm³/mol. The van der Waals surface area contributed by atoms with Crippen molar-refractivity contribution in [1.82, 2.24) is 14.6 Å². The second-order valence-corrected chi connectivity index (χ2v) is 12.2. The van der Waals surface area contributed by atoms with Crippen molar-refractivity contribution >= 4 is 40.1 Å². The molecule has 1 fully saturated rings. The number of amides is 1. The maximum absolute atomic E-state index is 13.6. The van der Waals surface area contributed by atoms with Gasteiger partial charge in [0.2, 0.25) is 5.91 Å². The molecule has 3 rings (SSSR count). The number of pyridine rings is 1. The SMILES string of the molecule is CC(C)(C)[S@@](=O)N[C@@H]1CCN(C(=O)Cc2ncc(C(F)(F)F)cc2C(F)(F)F)[C@@H]1c1cccc(Cl)c1Cl. The van der Waals surface area contributed by atoms with Gasteiger partial charge in [-0.05, 0) is 44.9 Å². The molecule has 1 amide bonds. The van der Waals surface area contributed by atoms with Crippen LogP contribution in [-0.2, 0) is 34.6 Å². The number of rotatable bonds is 5. The summed E-state index contributed by atoms with van der Waals surface area (Å²) in [5, 5.41) is 0.295. The fraction of sp³-hybridized carbons (Fsp3) is 0.478. The Balaban J connectivity index is 1.99. The summed E-state index contributed by atoms with van der Waals surface area (Å²) < 4.78 is 94.9. The highest BCUT2D eigenvalue weighted by Crippen LogP contribution is 2.41. The molecule has 37 heavy (non-hydrogen) atoms. The van der Waals surface area contributed by atoms with Gasteiger partial charge in [0.05, 0.1) is 55.1 Å². The number of carbonyl (C=O) groups is 1. The topological polar surface area (TPSA) is 62.3 Å². The number of hydrogen-bond acceptors (Lipinski definition) is 3. The summed E-state index contributed by atoms with van der Waals surface area (Å²) in [5.74, 6) is -0.815. The van der Waals surface area contributed by atoms with Crippen molar-refractivity contribution in [2.75, 3.05) is 6.54 Å². The van der Waals surface area contributed by atoms with Gasteiger partial charge in [-0.1, -0.05) is 35.3 Å². The smallest absolute Gasteiger partial charge is 0.334 e. The Morgan fingerprint density at radius 3 is 2.35 bits per heavy atom. The highest BCUT2D eigenvalue weighted by Gasteiger charge is 2.43. The molecule has 1 aliphatic rings. The van der Waals surface area contributed by atoms with Crippen molar-refractivity contribution in [2.24, 2.45) is 0 Å². The molecule has 1 aromatic heterocycles. The zero-order chi connectivity index (χ0) is 27.9. The maximum atomic E-state index is 13.6. The summed E-state index contributed by atoms with van der Waals surface area (Å²) in [6.45, 7) is 5.28. The van der Waals surface area contributed by atoms with Crippen LogP contribution in [0.5, 0.6) is 0 Å². The van der Waals surface area contributed by atoms with E-state index in [0.29, 0.717) is 5.56 Å². The first-order chi connectivity index (χ1) is 16.9. The second-order valence-electron chi connectivity index (χ2n) is 9.46. The average molecular weight is 590 g/mol. The van der Waals surface area contributed by atoms with Crippen molar-refractivity contribution in [2.45, 2.75) is 62.8 Å². The van der Waals surface area contributed by atoms with Gasteiger partial charge in [-0.15, -0.1) is 0 Å². The molecule has 1 N–H and O–H groups in total. The number of likely N-dealkylation sites (tertiary alicyclic amines) is 1. The molecule has 1 saturated heterocycles. The molecule has 0 saturated carbocycles. The van der Waals surface area contributed by atoms with Gasteiger partial charge in [-0.3, -0.25) is 9.78 Å². The minimum Gasteiger partial charge on any atom is -0.334 e. The zero-order valence-corrected chi connectivity index (χ0v) is 22.1. The van der Waals surface area contributed by atoms with Gasteiger partial charge in [0, 0.05) is 18.8 Å². The summed E-state index contributed by atoms with van der Waals surface area (Å²) in [6.07, 6.45) is -10.6. The van der Waals surface area contributed by atoms with Crippen molar-refractivity contribution in [3.05, 3.63) is 62.9 Å². The Morgan fingerprint density at radius 1 is 1.14 bits per heavy atom. The summed E-state index contributed by atoms with van der Waals surface area (Å²) in [7, 11) is -1.56. The molecule has 3 atom stereocenters. The lowest BCUT2D eigenvalue weighted by atomic mass is 10.00. The number of carbonyl (C=O) groups excluding carboxylic acids is 1. The Bertz CT molecular complexity index is 1200. The lowest BCUT2D eigenvalue weighted by Crippen LogP contribution is -2.44. The molecule has 204 valence electrons. The number of aromatic nitrogens is 1. The third-order valence-electron chi connectivity index (χ3n) is 5.75. The van der Waals surface area contributed by atoms with Crippen LogP contribution in [0.2, 0.25) is 10.0 Å². The van der Waals surface area contributed by atoms with Crippen molar-refractivity contribution in [3.8, 4) is 0 Å². The van der Waals surface area contributed by atoms with Crippen LogP contribution in [0.4, 0.5) is 26.3 Å². The first kappa shape index (κ1) is 29.7. The van der Waals surface area contributed by atoms with Crippen LogP contribution in [0.25, 0.3) is 0 Å². The van der Waals surface area contributed by atoms with Crippen LogP contribution in [-0.4, -0.2) is 37.3 Å². The van der Waals surface area contributed by atoms with E-state index in [9.17, 15) is 35.3 Å². The first-order valence-corrected chi connectivity index (χ1v) is 12.9. The van der Waals surface area contributed by atoms with Crippen molar-refractivity contribution in [3.63, 3.8) is 0 Å². The fourth-order valence-electron chi connectivity index (χ4n) is 3.92. The van der Waals surface area contributed by atoms with Gasteiger partial charge >= 0.3 is 12.4 Å². The molecule has 1 aromatic carbocycles. The van der Waals surface area contributed by atoms with Gasteiger partial charge in [-0.2, -0.15) is 26.3 Å². The summed E-state index contributed by atoms with van der Waals surface area (Å²) in [6, 6.07) is 3.20. The standard InChI is InChI=1S/C23H23Cl2F6N3O2S/c1-21(2,3)37(36)33-16-7-8-34(20(16)13-5-4-6-15(24)19(13)25)18(35)10-17-14(23(29,30)31)9-12(11-32-17)22(26,27)28/h4-6,9,11,16,20,33H,7-8,10H2,1-3H3/t16-,20-,37-/m1/s1. The van der Waals surface area contributed by atoms with E-state index < -0.39 is 69.3 Å². The number of nitrogens with one attached hydrogen (secondary N) is 1. The zero-order valence-electron chi connectivity index (χ0n) is 19.8. The summed E-state index contributed by atoms with van der Waals surface area (Å²) in [5.41, 5.74) is -3.67. The highest BCUT2D eigenvalue weighted by molar-refractivity contribution is 7.84. The largest absolute Gasteiger partial charge is 0.418 e. The molecule has 0 radical (unpaired) electrons. The molecule has 1 aliphatic heterocycles. The van der Waals surface area contributed by atoms with E-state index in [4.69, 9.17) is 23.2 Å². The Labute approximate surface area is 222 Å². The fourth-order valence-corrected chi connectivity index (χ4v) is 5.22. The van der Waals surface area contributed by atoms with Crippen molar-refractivity contribution in [1.29, 1.82) is 0 Å². The van der Waals surface area contributed by atoms with E-state index in [1.807, 2.05) is 0 Å². The quantitative estimate of drug-likeness (QED) is 0.413. The second kappa shape index (κ2) is 10.7. The van der Waals surface area contributed by atoms with Gasteiger partial charge in [0.1, 0.15) is 0 Å². The van der Waals surface area contributed by atoms with Crippen LogP contribution in [0.1, 0.15) is 55.6 Å². The van der Waals surface area contributed by atoms with E-state index in [2.05, 4.69) is 9.71 Å². The minimum absolute atomic E-state index is 0.0538. The molecule has 5 nitrogen and oxygen atoms in total. The number of halogens is 8. The van der Waals surface area contributed by atoms with Gasteiger partial charge in [-0.25, -0.2) is 8.93 Å². The minimum atomic E-state index is -5.17. The summed E-state index contributed by atoms with van der Waals surface area (Å²) >= 11 is 12.6. The predicted octanol–water partition coefficient (Wildman–Crippen LogP) is 6.36. The van der Waals surface area contributed by atoms with E-state index in [1.165, 1.54) is 11.0 Å². The number of alkyl halides is 6. The summed E-state index contributed by atoms with van der Waals surface area (Å²) in [4.78, 5) is 17.9. The highest BCUT2D eigenvalue weighted by atomic mass is 35.5. The maximum Gasteiger partial charge on any atom is 0.418 e.